The molecule has 2 aromatic rings. The van der Waals surface area contributed by atoms with Gasteiger partial charge in [-0.3, -0.25) is 4.79 Å². The highest BCUT2D eigenvalue weighted by Gasteiger charge is 2.24. The molecular formula is C18H16O5. The van der Waals surface area contributed by atoms with Gasteiger partial charge in [0.25, 0.3) is 0 Å². The van der Waals surface area contributed by atoms with E-state index >= 15 is 0 Å². The molecule has 118 valence electrons. The van der Waals surface area contributed by atoms with E-state index in [2.05, 4.69) is 0 Å². The fourth-order valence-electron chi connectivity index (χ4n) is 2.45. The number of aromatic hydroxyl groups is 1. The number of phenols is 1. The Kier molecular flexibility index (Phi) is 3.93. The van der Waals surface area contributed by atoms with Gasteiger partial charge < -0.3 is 19.3 Å². The molecule has 5 heteroatoms. The zero-order valence-electron chi connectivity index (χ0n) is 12.8. The molecule has 3 rings (SSSR count). The number of hydrogen-bond acceptors (Lipinski definition) is 5. The Labute approximate surface area is 133 Å². The third-order valence-electron chi connectivity index (χ3n) is 3.65. The van der Waals surface area contributed by atoms with Crippen LogP contribution in [-0.4, -0.2) is 31.7 Å². The average Bonchev–Trinajstić information content (AvgIpc) is 2.58. The number of rotatable bonds is 3. The van der Waals surface area contributed by atoms with Crippen LogP contribution in [0.1, 0.15) is 15.9 Å². The largest absolute Gasteiger partial charge is 0.508 e. The molecule has 0 saturated carbocycles. The van der Waals surface area contributed by atoms with Gasteiger partial charge in [-0.25, -0.2) is 0 Å². The highest BCUT2D eigenvalue weighted by molar-refractivity contribution is 6.14. The summed E-state index contributed by atoms with van der Waals surface area (Å²) in [5.41, 5.74) is 1.60. The number of ether oxygens (including phenoxy) is 3. The molecule has 0 aromatic heterocycles. The number of benzene rings is 2. The minimum Gasteiger partial charge on any atom is -0.508 e. The third-order valence-corrected chi connectivity index (χ3v) is 3.65. The first-order chi connectivity index (χ1) is 11.1. The predicted molar refractivity (Wildman–Crippen MR) is 85.5 cm³/mol. The van der Waals surface area contributed by atoms with Crippen molar-refractivity contribution < 1.29 is 24.1 Å². The number of methoxy groups -OCH3 is 2. The number of fused-ring (bicyclic) bond motifs is 1. The normalized spacial score (nSPS) is 15.0. The van der Waals surface area contributed by atoms with Crippen molar-refractivity contribution in [2.24, 2.45) is 0 Å². The number of carbonyl (C=O) groups is 1. The fraction of sp³-hybridized carbons (Fsp3) is 0.167. The number of phenolic OH excluding ortho intramolecular Hbond substituents is 1. The fourth-order valence-corrected chi connectivity index (χ4v) is 2.45. The summed E-state index contributed by atoms with van der Waals surface area (Å²) < 4.78 is 16.1. The average molecular weight is 312 g/mol. The molecule has 0 aliphatic carbocycles. The molecule has 0 amide bonds. The maximum atomic E-state index is 12.6. The van der Waals surface area contributed by atoms with Crippen LogP contribution in [0.25, 0.3) is 6.08 Å². The van der Waals surface area contributed by atoms with Crippen molar-refractivity contribution in [2.45, 2.75) is 0 Å². The van der Waals surface area contributed by atoms with Crippen molar-refractivity contribution in [3.63, 3.8) is 0 Å². The molecule has 0 atom stereocenters. The van der Waals surface area contributed by atoms with E-state index in [4.69, 9.17) is 14.2 Å². The monoisotopic (exact) mass is 312 g/mol. The molecule has 0 saturated heterocycles. The summed E-state index contributed by atoms with van der Waals surface area (Å²) in [7, 11) is 3.14. The summed E-state index contributed by atoms with van der Waals surface area (Å²) in [4.78, 5) is 12.6. The molecule has 1 N–H and O–H groups in total. The Hall–Kier alpha value is -2.95. The van der Waals surface area contributed by atoms with E-state index in [-0.39, 0.29) is 18.1 Å². The van der Waals surface area contributed by atoms with E-state index in [1.807, 2.05) is 6.07 Å². The molecule has 0 unspecified atom stereocenters. The Morgan fingerprint density at radius 1 is 1.13 bits per heavy atom. The lowest BCUT2D eigenvalue weighted by Gasteiger charge is -2.19. The van der Waals surface area contributed by atoms with Gasteiger partial charge in [-0.2, -0.15) is 0 Å². The van der Waals surface area contributed by atoms with Crippen molar-refractivity contribution in [3.8, 4) is 23.0 Å². The quantitative estimate of drug-likeness (QED) is 0.882. The highest BCUT2D eigenvalue weighted by Crippen LogP contribution is 2.32. The third kappa shape index (κ3) is 2.85. The maximum Gasteiger partial charge on any atom is 0.196 e. The van der Waals surface area contributed by atoms with Crippen LogP contribution in [0.2, 0.25) is 0 Å². The molecule has 1 heterocycles. The van der Waals surface area contributed by atoms with Crippen molar-refractivity contribution in [3.05, 3.63) is 53.1 Å². The van der Waals surface area contributed by atoms with E-state index < -0.39 is 0 Å². The van der Waals surface area contributed by atoms with Crippen LogP contribution in [0.15, 0.2) is 42.0 Å². The molecule has 1 aliphatic rings. The van der Waals surface area contributed by atoms with Crippen molar-refractivity contribution in [1.29, 1.82) is 0 Å². The Balaban J connectivity index is 1.99. The van der Waals surface area contributed by atoms with Gasteiger partial charge in [0.2, 0.25) is 0 Å². The first-order valence-corrected chi connectivity index (χ1v) is 7.05. The van der Waals surface area contributed by atoms with Crippen LogP contribution in [0.5, 0.6) is 23.0 Å². The molecule has 2 aromatic carbocycles. The van der Waals surface area contributed by atoms with E-state index in [1.54, 1.807) is 38.5 Å². The second-order valence-corrected chi connectivity index (χ2v) is 5.08. The molecule has 23 heavy (non-hydrogen) atoms. The Morgan fingerprint density at radius 2 is 1.96 bits per heavy atom. The summed E-state index contributed by atoms with van der Waals surface area (Å²) in [5.74, 6) is 1.62. The Bertz CT molecular complexity index is 792. The first-order valence-electron chi connectivity index (χ1n) is 7.05. The summed E-state index contributed by atoms with van der Waals surface area (Å²) in [6, 6.07) is 9.86. The summed E-state index contributed by atoms with van der Waals surface area (Å²) in [6.45, 7) is 0.172. The minimum absolute atomic E-state index is 0.0315. The topological polar surface area (TPSA) is 65.0 Å². The second-order valence-electron chi connectivity index (χ2n) is 5.08. The molecule has 1 aliphatic heterocycles. The SMILES string of the molecule is COc1ccc(/C=C2\COc3ccc(O)cc3C2=O)c(OC)c1. The van der Waals surface area contributed by atoms with Gasteiger partial charge in [0.1, 0.15) is 29.6 Å². The highest BCUT2D eigenvalue weighted by atomic mass is 16.5. The molecule has 0 radical (unpaired) electrons. The molecule has 0 fully saturated rings. The standard InChI is InChI=1S/C18H16O5/c1-21-14-5-3-11(17(9-14)22-2)7-12-10-23-16-6-4-13(19)8-15(16)18(12)20/h3-9,19H,10H2,1-2H3/b12-7+. The maximum absolute atomic E-state index is 12.6. The van der Waals surface area contributed by atoms with Gasteiger partial charge in [0.15, 0.2) is 5.78 Å². The van der Waals surface area contributed by atoms with Crippen LogP contribution in [0.3, 0.4) is 0 Å². The van der Waals surface area contributed by atoms with Crippen LogP contribution >= 0.6 is 0 Å². The lowest BCUT2D eigenvalue weighted by atomic mass is 9.98. The van der Waals surface area contributed by atoms with E-state index in [0.717, 1.165) is 5.56 Å². The van der Waals surface area contributed by atoms with Gasteiger partial charge in [-0.15, -0.1) is 0 Å². The summed E-state index contributed by atoms with van der Waals surface area (Å²) in [5, 5.41) is 9.56. The second kappa shape index (κ2) is 6.04. The number of hydrogen-bond donors (Lipinski definition) is 1. The minimum atomic E-state index is -0.167. The van der Waals surface area contributed by atoms with E-state index in [0.29, 0.717) is 28.4 Å². The van der Waals surface area contributed by atoms with E-state index in [9.17, 15) is 9.90 Å². The van der Waals surface area contributed by atoms with Crippen molar-refractivity contribution >= 4 is 11.9 Å². The van der Waals surface area contributed by atoms with Gasteiger partial charge in [-0.1, -0.05) is 0 Å². The van der Waals surface area contributed by atoms with Gasteiger partial charge in [0.05, 0.1) is 19.8 Å². The van der Waals surface area contributed by atoms with Gasteiger partial charge in [0, 0.05) is 17.2 Å². The van der Waals surface area contributed by atoms with E-state index in [1.165, 1.54) is 12.1 Å². The van der Waals surface area contributed by atoms with Crippen LogP contribution in [0, 0.1) is 0 Å². The van der Waals surface area contributed by atoms with Crippen molar-refractivity contribution in [1.82, 2.24) is 0 Å². The predicted octanol–water partition coefficient (Wildman–Crippen LogP) is 3.07. The number of ketones is 1. The number of carbonyl (C=O) groups excluding carboxylic acids is 1. The number of Topliss-reactive ketones (excluding diaryl/α,β-unsaturated/α-hetero) is 1. The van der Waals surface area contributed by atoms with Gasteiger partial charge in [-0.05, 0) is 36.4 Å². The Morgan fingerprint density at radius 3 is 2.70 bits per heavy atom. The van der Waals surface area contributed by atoms with Crippen LogP contribution < -0.4 is 14.2 Å². The molecule has 5 nitrogen and oxygen atoms in total. The van der Waals surface area contributed by atoms with Crippen LogP contribution in [-0.2, 0) is 0 Å². The smallest absolute Gasteiger partial charge is 0.196 e. The molecule has 0 spiro atoms. The lowest BCUT2D eigenvalue weighted by Crippen LogP contribution is -2.18. The van der Waals surface area contributed by atoms with Crippen LogP contribution in [0.4, 0.5) is 0 Å². The first kappa shape index (κ1) is 15.0. The summed E-state index contributed by atoms with van der Waals surface area (Å²) in [6.07, 6.45) is 1.73. The lowest BCUT2D eigenvalue weighted by molar-refractivity contribution is 0.100. The molecule has 0 bridgehead atoms. The molecular weight excluding hydrogens is 296 g/mol. The van der Waals surface area contributed by atoms with Crippen molar-refractivity contribution in [2.75, 3.05) is 20.8 Å². The zero-order chi connectivity index (χ0) is 16.4. The van der Waals surface area contributed by atoms with Gasteiger partial charge >= 0.3 is 0 Å². The summed E-state index contributed by atoms with van der Waals surface area (Å²) >= 11 is 0. The zero-order valence-corrected chi connectivity index (χ0v) is 12.8.